The van der Waals surface area contributed by atoms with E-state index in [1.165, 1.54) is 0 Å². The van der Waals surface area contributed by atoms with Crippen molar-refractivity contribution in [1.29, 1.82) is 0 Å². The van der Waals surface area contributed by atoms with Crippen molar-refractivity contribution in [3.8, 4) is 11.8 Å². The van der Waals surface area contributed by atoms with E-state index in [2.05, 4.69) is 11.8 Å². The highest BCUT2D eigenvalue weighted by Crippen LogP contribution is 2.17. The van der Waals surface area contributed by atoms with Crippen molar-refractivity contribution in [3.63, 3.8) is 0 Å². The molecule has 1 aliphatic carbocycles. The van der Waals surface area contributed by atoms with E-state index in [1.54, 1.807) is 0 Å². The number of esters is 1. The number of benzene rings is 1. The Bertz CT molecular complexity index is 628. The zero-order valence-electron chi connectivity index (χ0n) is 13.8. The Labute approximate surface area is 142 Å². The van der Waals surface area contributed by atoms with Crippen LogP contribution in [0.15, 0.2) is 24.3 Å². The molecule has 2 rings (SSSR count). The van der Waals surface area contributed by atoms with Crippen LogP contribution in [-0.2, 0) is 27.3 Å². The number of hydrogen-bond donors (Lipinski definition) is 2. The van der Waals surface area contributed by atoms with E-state index in [4.69, 9.17) is 16.2 Å². The monoisotopic (exact) mass is 328 g/mol. The standard InChI is InChI=1S/C19H24N2O3/c20-13-15-10-8-14(9-11-15)12-17(18(21)22)24-19(23)16-6-4-2-1-3-5-7-16/h8-11,16-17H,1-4,6,12-13,20H2,(H2,21,22). The topological polar surface area (TPSA) is 95.4 Å². The van der Waals surface area contributed by atoms with Crippen LogP contribution >= 0.6 is 0 Å². The van der Waals surface area contributed by atoms with E-state index in [1.807, 2.05) is 24.3 Å². The average Bonchev–Trinajstić information content (AvgIpc) is 2.54. The van der Waals surface area contributed by atoms with Crippen LogP contribution in [0.2, 0.25) is 0 Å². The first-order valence-electron chi connectivity index (χ1n) is 8.36. The number of rotatable bonds is 6. The molecule has 1 amide bonds. The van der Waals surface area contributed by atoms with Crippen LogP contribution in [-0.4, -0.2) is 18.0 Å². The Morgan fingerprint density at radius 3 is 2.54 bits per heavy atom. The van der Waals surface area contributed by atoms with Crippen molar-refractivity contribution in [2.45, 2.75) is 51.2 Å². The lowest BCUT2D eigenvalue weighted by atomic mass is 9.98. The molecule has 0 radical (unpaired) electrons. The predicted molar refractivity (Wildman–Crippen MR) is 91.5 cm³/mol. The van der Waals surface area contributed by atoms with E-state index in [0.29, 0.717) is 13.0 Å². The molecule has 0 fully saturated rings. The zero-order chi connectivity index (χ0) is 17.4. The molecule has 0 spiro atoms. The lowest BCUT2D eigenvalue weighted by Crippen LogP contribution is -2.36. The van der Waals surface area contributed by atoms with Gasteiger partial charge < -0.3 is 16.2 Å². The highest BCUT2D eigenvalue weighted by Gasteiger charge is 2.25. The summed E-state index contributed by atoms with van der Waals surface area (Å²) in [7, 11) is 0. The van der Waals surface area contributed by atoms with E-state index in [0.717, 1.165) is 36.8 Å². The lowest BCUT2D eigenvalue weighted by molar-refractivity contribution is -0.157. The van der Waals surface area contributed by atoms with Crippen LogP contribution in [0.25, 0.3) is 0 Å². The Morgan fingerprint density at radius 1 is 1.17 bits per heavy atom. The third-order valence-corrected chi connectivity index (χ3v) is 4.11. The van der Waals surface area contributed by atoms with Crippen molar-refractivity contribution in [1.82, 2.24) is 0 Å². The predicted octanol–water partition coefficient (Wildman–Crippen LogP) is 1.67. The van der Waals surface area contributed by atoms with Gasteiger partial charge in [-0.15, -0.1) is 5.92 Å². The molecule has 0 saturated carbocycles. The number of nitrogens with two attached hydrogens (primary N) is 2. The molecule has 0 heterocycles. The van der Waals surface area contributed by atoms with Crippen LogP contribution in [0, 0.1) is 17.8 Å². The Hall–Kier alpha value is -2.32. The normalized spacial score (nSPS) is 18.5. The molecule has 128 valence electrons. The Morgan fingerprint density at radius 2 is 1.88 bits per heavy atom. The van der Waals surface area contributed by atoms with Crippen LogP contribution in [0.1, 0.15) is 43.2 Å². The van der Waals surface area contributed by atoms with Gasteiger partial charge in [0.25, 0.3) is 5.91 Å². The van der Waals surface area contributed by atoms with Gasteiger partial charge in [0.1, 0.15) is 5.92 Å². The number of amides is 1. The maximum absolute atomic E-state index is 12.3. The lowest BCUT2D eigenvalue weighted by Gasteiger charge is -2.18. The summed E-state index contributed by atoms with van der Waals surface area (Å²) >= 11 is 0. The first kappa shape index (κ1) is 18.0. The summed E-state index contributed by atoms with van der Waals surface area (Å²) in [5.41, 5.74) is 12.8. The minimum absolute atomic E-state index is 0.256. The number of carbonyl (C=O) groups is 2. The van der Waals surface area contributed by atoms with Crippen molar-refractivity contribution < 1.29 is 14.3 Å². The van der Waals surface area contributed by atoms with Gasteiger partial charge in [0.05, 0.1) is 0 Å². The summed E-state index contributed by atoms with van der Waals surface area (Å²) in [5, 5.41) is 0. The van der Waals surface area contributed by atoms with Gasteiger partial charge in [0, 0.05) is 19.4 Å². The van der Waals surface area contributed by atoms with Crippen molar-refractivity contribution in [3.05, 3.63) is 35.4 Å². The van der Waals surface area contributed by atoms with Gasteiger partial charge in [0.15, 0.2) is 6.10 Å². The molecule has 1 aliphatic rings. The number of primary amides is 1. The highest BCUT2D eigenvalue weighted by molar-refractivity contribution is 5.84. The smallest absolute Gasteiger partial charge is 0.321 e. The summed E-state index contributed by atoms with van der Waals surface area (Å²) in [6.07, 6.45) is 3.82. The highest BCUT2D eigenvalue weighted by atomic mass is 16.5. The summed E-state index contributed by atoms with van der Waals surface area (Å²) < 4.78 is 5.37. The zero-order valence-corrected chi connectivity index (χ0v) is 13.8. The fourth-order valence-corrected chi connectivity index (χ4v) is 2.63. The number of ether oxygens (including phenoxy) is 1. The molecule has 24 heavy (non-hydrogen) atoms. The van der Waals surface area contributed by atoms with Gasteiger partial charge in [-0.1, -0.05) is 43.0 Å². The third kappa shape index (κ3) is 5.39. The fraction of sp³-hybridized carbons (Fsp3) is 0.474. The molecule has 0 saturated heterocycles. The van der Waals surface area contributed by atoms with E-state index >= 15 is 0 Å². The van der Waals surface area contributed by atoms with Gasteiger partial charge in [0.2, 0.25) is 0 Å². The molecular formula is C19H24N2O3. The molecule has 0 aliphatic heterocycles. The van der Waals surface area contributed by atoms with Gasteiger partial charge >= 0.3 is 5.97 Å². The van der Waals surface area contributed by atoms with Gasteiger partial charge in [-0.05, 0) is 24.0 Å². The summed E-state index contributed by atoms with van der Waals surface area (Å²) in [4.78, 5) is 24.0. The van der Waals surface area contributed by atoms with E-state index < -0.39 is 23.9 Å². The summed E-state index contributed by atoms with van der Waals surface area (Å²) in [6, 6.07) is 7.49. The first-order valence-corrected chi connectivity index (χ1v) is 8.36. The molecule has 0 aromatic heterocycles. The second-order valence-corrected chi connectivity index (χ2v) is 6.03. The first-order chi connectivity index (χ1) is 11.6. The third-order valence-electron chi connectivity index (χ3n) is 4.11. The molecule has 0 bridgehead atoms. The van der Waals surface area contributed by atoms with Gasteiger partial charge in [-0.2, -0.15) is 0 Å². The van der Waals surface area contributed by atoms with Gasteiger partial charge in [-0.25, -0.2) is 0 Å². The minimum atomic E-state index is -0.978. The second kappa shape index (κ2) is 9.09. The summed E-state index contributed by atoms with van der Waals surface area (Å²) in [5.74, 6) is 4.39. The molecule has 5 heteroatoms. The molecule has 5 nitrogen and oxygen atoms in total. The van der Waals surface area contributed by atoms with Crippen LogP contribution in [0.4, 0.5) is 0 Å². The Kier molecular flexibility index (Phi) is 6.83. The fourth-order valence-electron chi connectivity index (χ4n) is 2.63. The minimum Gasteiger partial charge on any atom is -0.451 e. The van der Waals surface area contributed by atoms with E-state index in [-0.39, 0.29) is 6.42 Å². The molecular weight excluding hydrogens is 304 g/mol. The van der Waals surface area contributed by atoms with E-state index in [9.17, 15) is 9.59 Å². The van der Waals surface area contributed by atoms with Gasteiger partial charge in [-0.3, -0.25) is 9.59 Å². The molecule has 1 aromatic rings. The second-order valence-electron chi connectivity index (χ2n) is 6.03. The van der Waals surface area contributed by atoms with Crippen molar-refractivity contribution >= 4 is 11.9 Å². The number of carbonyl (C=O) groups excluding carboxylic acids is 2. The molecule has 2 atom stereocenters. The number of hydrogen-bond acceptors (Lipinski definition) is 4. The molecule has 2 unspecified atom stereocenters. The van der Waals surface area contributed by atoms with Crippen LogP contribution < -0.4 is 11.5 Å². The maximum Gasteiger partial charge on any atom is 0.321 e. The van der Waals surface area contributed by atoms with Crippen LogP contribution in [0.5, 0.6) is 0 Å². The molecule has 4 N–H and O–H groups in total. The molecule has 1 aromatic carbocycles. The summed E-state index contributed by atoms with van der Waals surface area (Å²) in [6.45, 7) is 0.453. The van der Waals surface area contributed by atoms with Crippen molar-refractivity contribution in [2.75, 3.05) is 0 Å². The van der Waals surface area contributed by atoms with Crippen LogP contribution in [0.3, 0.4) is 0 Å². The largest absolute Gasteiger partial charge is 0.451 e. The average molecular weight is 328 g/mol. The Balaban J connectivity index is 2.01. The maximum atomic E-state index is 12.3. The SMILES string of the molecule is NCc1ccc(CC(OC(=O)C2C#CCCCCC2)C(N)=O)cc1. The van der Waals surface area contributed by atoms with Crippen molar-refractivity contribution in [2.24, 2.45) is 17.4 Å². The quantitative estimate of drug-likeness (QED) is 0.613.